The summed E-state index contributed by atoms with van der Waals surface area (Å²) in [6.07, 6.45) is 9.19. The Morgan fingerprint density at radius 1 is 1.14 bits per heavy atom. The zero-order valence-corrected chi connectivity index (χ0v) is 16.1. The number of aromatic nitrogens is 3. The van der Waals surface area contributed by atoms with E-state index >= 15 is 0 Å². The number of aliphatic hydroxyl groups is 1. The molecule has 4 rings (SSSR count). The van der Waals surface area contributed by atoms with Crippen molar-refractivity contribution < 1.29 is 9.90 Å². The van der Waals surface area contributed by atoms with E-state index in [0.29, 0.717) is 12.1 Å². The third-order valence-electron chi connectivity index (χ3n) is 5.88. The Hall–Kier alpha value is -2.74. The molecule has 0 bridgehead atoms. The SMILES string of the molecule is CNC(=O)c1ccc(N2CCC3(CC2)CC(O)CN(c2cnccn2)C3)nc1. The predicted molar refractivity (Wildman–Crippen MR) is 106 cm³/mol. The molecule has 2 aliphatic rings. The van der Waals surface area contributed by atoms with E-state index in [0.717, 1.165) is 50.5 Å². The number of pyridine rings is 1. The first-order valence-corrected chi connectivity index (χ1v) is 9.71. The van der Waals surface area contributed by atoms with Gasteiger partial charge in [-0.3, -0.25) is 9.78 Å². The minimum atomic E-state index is -0.354. The van der Waals surface area contributed by atoms with E-state index in [9.17, 15) is 9.90 Å². The zero-order valence-electron chi connectivity index (χ0n) is 16.1. The highest BCUT2D eigenvalue weighted by atomic mass is 16.3. The largest absolute Gasteiger partial charge is 0.391 e. The Morgan fingerprint density at radius 2 is 1.96 bits per heavy atom. The van der Waals surface area contributed by atoms with Crippen LogP contribution in [-0.2, 0) is 0 Å². The first kappa shape index (κ1) is 18.6. The smallest absolute Gasteiger partial charge is 0.252 e. The van der Waals surface area contributed by atoms with Crippen LogP contribution in [0.3, 0.4) is 0 Å². The molecule has 2 aliphatic heterocycles. The summed E-state index contributed by atoms with van der Waals surface area (Å²) in [7, 11) is 1.61. The Kier molecular flexibility index (Phi) is 5.13. The Morgan fingerprint density at radius 3 is 2.61 bits per heavy atom. The molecule has 0 radical (unpaired) electrons. The maximum atomic E-state index is 11.7. The number of nitrogens with zero attached hydrogens (tertiary/aromatic N) is 5. The lowest BCUT2D eigenvalue weighted by molar-refractivity contribution is 0.0594. The van der Waals surface area contributed by atoms with Gasteiger partial charge in [0.25, 0.3) is 5.91 Å². The summed E-state index contributed by atoms with van der Waals surface area (Å²) >= 11 is 0. The molecule has 1 atom stereocenters. The van der Waals surface area contributed by atoms with E-state index in [1.165, 1.54) is 0 Å². The second-order valence-corrected chi connectivity index (χ2v) is 7.77. The third-order valence-corrected chi connectivity index (χ3v) is 5.88. The van der Waals surface area contributed by atoms with Gasteiger partial charge in [0.2, 0.25) is 0 Å². The molecule has 148 valence electrons. The molecule has 2 saturated heterocycles. The molecule has 8 heteroatoms. The highest BCUT2D eigenvalue weighted by Gasteiger charge is 2.42. The Bertz CT molecular complexity index is 805. The van der Waals surface area contributed by atoms with E-state index in [1.807, 2.05) is 12.1 Å². The summed E-state index contributed by atoms with van der Waals surface area (Å²) in [4.78, 5) is 29.1. The molecule has 28 heavy (non-hydrogen) atoms. The molecule has 8 nitrogen and oxygen atoms in total. The van der Waals surface area contributed by atoms with E-state index in [-0.39, 0.29) is 17.4 Å². The van der Waals surface area contributed by atoms with Crippen molar-refractivity contribution in [3.05, 3.63) is 42.5 Å². The fraction of sp³-hybridized carbons (Fsp3) is 0.500. The van der Waals surface area contributed by atoms with Crippen LogP contribution in [0.25, 0.3) is 0 Å². The van der Waals surface area contributed by atoms with E-state index < -0.39 is 0 Å². The van der Waals surface area contributed by atoms with E-state index in [2.05, 4.69) is 30.1 Å². The van der Waals surface area contributed by atoms with Gasteiger partial charge in [0.05, 0.1) is 17.9 Å². The van der Waals surface area contributed by atoms with Crippen molar-refractivity contribution in [2.45, 2.75) is 25.4 Å². The first-order chi connectivity index (χ1) is 13.6. The second kappa shape index (κ2) is 7.71. The second-order valence-electron chi connectivity index (χ2n) is 7.77. The molecular weight excluding hydrogens is 356 g/mol. The fourth-order valence-corrected chi connectivity index (χ4v) is 4.41. The highest BCUT2D eigenvalue weighted by Crippen LogP contribution is 2.41. The van der Waals surface area contributed by atoms with Crippen LogP contribution in [0.15, 0.2) is 36.9 Å². The fourth-order valence-electron chi connectivity index (χ4n) is 4.41. The molecule has 0 aromatic carbocycles. The van der Waals surface area contributed by atoms with Crippen molar-refractivity contribution >= 4 is 17.5 Å². The molecule has 0 saturated carbocycles. The van der Waals surface area contributed by atoms with E-state index in [4.69, 9.17) is 0 Å². The minimum Gasteiger partial charge on any atom is -0.391 e. The van der Waals surface area contributed by atoms with Gasteiger partial charge in [-0.2, -0.15) is 0 Å². The number of rotatable bonds is 3. The van der Waals surface area contributed by atoms with Crippen LogP contribution in [0.1, 0.15) is 29.6 Å². The summed E-state index contributed by atoms with van der Waals surface area (Å²) in [5.41, 5.74) is 0.642. The number of β-amino-alcohol motifs (C(OH)–C–C–N with tert-alkyl or cyclic N) is 1. The lowest BCUT2D eigenvalue weighted by Crippen LogP contribution is -2.54. The number of piperidine rings is 2. The summed E-state index contributed by atoms with van der Waals surface area (Å²) < 4.78 is 0. The highest BCUT2D eigenvalue weighted by molar-refractivity contribution is 5.93. The molecule has 2 aromatic heterocycles. The Balaban J connectivity index is 1.43. The minimum absolute atomic E-state index is 0.0771. The van der Waals surface area contributed by atoms with Gasteiger partial charge in [-0.15, -0.1) is 0 Å². The number of amides is 1. The average Bonchev–Trinajstić information content (AvgIpc) is 2.74. The molecule has 0 aliphatic carbocycles. The molecule has 2 fully saturated rings. The van der Waals surface area contributed by atoms with Crippen molar-refractivity contribution in [2.24, 2.45) is 5.41 Å². The van der Waals surface area contributed by atoms with Gasteiger partial charge < -0.3 is 20.2 Å². The molecular formula is C20H26N6O2. The van der Waals surface area contributed by atoms with Crippen molar-refractivity contribution in [3.8, 4) is 0 Å². The lowest BCUT2D eigenvalue weighted by atomic mass is 9.71. The van der Waals surface area contributed by atoms with Gasteiger partial charge in [-0.1, -0.05) is 0 Å². The molecule has 1 spiro atoms. The van der Waals surface area contributed by atoms with Crippen LogP contribution in [0.2, 0.25) is 0 Å². The van der Waals surface area contributed by atoms with Crippen molar-refractivity contribution in [3.63, 3.8) is 0 Å². The number of hydrogen-bond donors (Lipinski definition) is 2. The first-order valence-electron chi connectivity index (χ1n) is 9.71. The van der Waals surface area contributed by atoms with Crippen LogP contribution in [0.4, 0.5) is 11.6 Å². The van der Waals surface area contributed by atoms with Gasteiger partial charge in [0.15, 0.2) is 0 Å². The van der Waals surface area contributed by atoms with Gasteiger partial charge in [-0.05, 0) is 36.8 Å². The summed E-state index contributed by atoms with van der Waals surface area (Å²) in [6, 6.07) is 3.72. The van der Waals surface area contributed by atoms with Crippen molar-refractivity contribution in [1.29, 1.82) is 0 Å². The quantitative estimate of drug-likeness (QED) is 0.820. The van der Waals surface area contributed by atoms with Crippen LogP contribution in [0, 0.1) is 5.41 Å². The molecule has 4 heterocycles. The summed E-state index contributed by atoms with van der Waals surface area (Å²) in [5, 5.41) is 13.1. The number of aliphatic hydroxyl groups excluding tert-OH is 1. The van der Waals surface area contributed by atoms with Gasteiger partial charge in [-0.25, -0.2) is 9.97 Å². The number of carbonyl (C=O) groups is 1. The maximum absolute atomic E-state index is 11.7. The lowest BCUT2D eigenvalue weighted by Gasteiger charge is -2.49. The van der Waals surface area contributed by atoms with Gasteiger partial charge in [0, 0.05) is 51.8 Å². The number of hydrogen-bond acceptors (Lipinski definition) is 7. The zero-order chi connectivity index (χ0) is 19.6. The third kappa shape index (κ3) is 3.77. The Labute approximate surface area is 164 Å². The molecule has 2 N–H and O–H groups in total. The van der Waals surface area contributed by atoms with Crippen molar-refractivity contribution in [2.75, 3.05) is 43.0 Å². The predicted octanol–water partition coefficient (Wildman–Crippen LogP) is 1.09. The standard InChI is InChI=1S/C20H26N6O2/c1-21-19(28)15-2-3-17(24-11-15)25-8-4-20(5-9-25)10-16(27)13-26(14-20)18-12-22-6-7-23-18/h2-3,6-7,11-12,16,27H,4-5,8-10,13-14H2,1H3,(H,21,28). The van der Waals surface area contributed by atoms with Gasteiger partial charge >= 0.3 is 0 Å². The van der Waals surface area contributed by atoms with Crippen LogP contribution in [-0.4, -0.2) is 65.3 Å². The average molecular weight is 382 g/mol. The van der Waals surface area contributed by atoms with E-state index in [1.54, 1.807) is 31.8 Å². The molecule has 1 unspecified atom stereocenters. The summed E-state index contributed by atoms with van der Waals surface area (Å²) in [5.74, 6) is 1.59. The number of anilines is 2. The maximum Gasteiger partial charge on any atom is 0.252 e. The van der Waals surface area contributed by atoms with Gasteiger partial charge in [0.1, 0.15) is 11.6 Å². The number of nitrogens with one attached hydrogen (secondary N) is 1. The summed E-state index contributed by atoms with van der Waals surface area (Å²) in [6.45, 7) is 3.26. The molecule has 1 amide bonds. The normalized spacial score (nSPS) is 21.6. The van der Waals surface area contributed by atoms with Crippen LogP contribution >= 0.6 is 0 Å². The molecule has 2 aromatic rings. The van der Waals surface area contributed by atoms with Crippen LogP contribution < -0.4 is 15.1 Å². The number of carbonyl (C=O) groups excluding carboxylic acids is 1. The monoisotopic (exact) mass is 382 g/mol. The van der Waals surface area contributed by atoms with Crippen molar-refractivity contribution in [1.82, 2.24) is 20.3 Å². The van der Waals surface area contributed by atoms with Crippen LogP contribution in [0.5, 0.6) is 0 Å². The topological polar surface area (TPSA) is 94.5 Å².